The first-order chi connectivity index (χ1) is 8.74. The Labute approximate surface area is 125 Å². The van der Waals surface area contributed by atoms with E-state index >= 15 is 0 Å². The van der Waals surface area contributed by atoms with Crippen LogP contribution >= 0.6 is 15.9 Å². The van der Waals surface area contributed by atoms with Crippen LogP contribution in [0.5, 0.6) is 5.75 Å². The molecule has 0 spiro atoms. The molecule has 1 atom stereocenters. The maximum absolute atomic E-state index is 6.09. The average Bonchev–Trinajstić information content (AvgIpc) is 2.27. The molecule has 0 aromatic heterocycles. The molecule has 0 radical (unpaired) electrons. The molecule has 1 rings (SSSR count). The van der Waals surface area contributed by atoms with Crippen molar-refractivity contribution in [2.24, 2.45) is 5.73 Å². The Kier molecular flexibility index (Phi) is 5.83. The van der Waals surface area contributed by atoms with Gasteiger partial charge in [-0.15, -0.1) is 0 Å². The highest BCUT2D eigenvalue weighted by molar-refractivity contribution is 9.10. The van der Waals surface area contributed by atoms with Crippen LogP contribution in [0, 0.1) is 0 Å². The van der Waals surface area contributed by atoms with Crippen molar-refractivity contribution in [3.05, 3.63) is 28.2 Å². The quantitative estimate of drug-likeness (QED) is 0.867. The molecule has 0 saturated heterocycles. The van der Waals surface area contributed by atoms with Crippen molar-refractivity contribution in [2.45, 2.75) is 38.3 Å². The molecular formula is C15H25BrN2O. The van der Waals surface area contributed by atoms with E-state index in [4.69, 9.17) is 10.5 Å². The smallest absolute Gasteiger partial charge is 0.133 e. The summed E-state index contributed by atoms with van der Waals surface area (Å²) >= 11 is 3.55. The van der Waals surface area contributed by atoms with Gasteiger partial charge in [0.25, 0.3) is 0 Å². The van der Waals surface area contributed by atoms with Crippen LogP contribution in [0.2, 0.25) is 0 Å². The van der Waals surface area contributed by atoms with Crippen molar-refractivity contribution >= 4 is 15.9 Å². The first kappa shape index (κ1) is 16.5. The summed E-state index contributed by atoms with van der Waals surface area (Å²) in [6.07, 6.45) is 2.02. The normalized spacial score (nSPS) is 13.7. The molecule has 1 aromatic rings. The number of benzene rings is 1. The summed E-state index contributed by atoms with van der Waals surface area (Å²) in [6, 6.07) is 6.62. The molecule has 2 N–H and O–H groups in total. The van der Waals surface area contributed by atoms with Crippen LogP contribution in [0.25, 0.3) is 0 Å². The molecule has 0 aliphatic rings. The van der Waals surface area contributed by atoms with E-state index in [-0.39, 0.29) is 5.54 Å². The largest absolute Gasteiger partial charge is 0.496 e. The van der Waals surface area contributed by atoms with E-state index in [0.29, 0.717) is 6.04 Å². The van der Waals surface area contributed by atoms with Crippen LogP contribution in [0.1, 0.15) is 38.3 Å². The lowest BCUT2D eigenvalue weighted by atomic mass is 9.93. The Morgan fingerprint density at radius 2 is 2.00 bits per heavy atom. The van der Waals surface area contributed by atoms with E-state index in [1.807, 2.05) is 6.07 Å². The Morgan fingerprint density at radius 3 is 2.42 bits per heavy atom. The van der Waals surface area contributed by atoms with Crippen molar-refractivity contribution in [2.75, 3.05) is 21.2 Å². The Balaban J connectivity index is 2.90. The van der Waals surface area contributed by atoms with E-state index in [9.17, 15) is 0 Å². The predicted molar refractivity (Wildman–Crippen MR) is 84.6 cm³/mol. The zero-order valence-corrected chi connectivity index (χ0v) is 14.1. The number of nitrogens with zero attached hydrogens (tertiary/aromatic N) is 1. The summed E-state index contributed by atoms with van der Waals surface area (Å²) in [5, 5.41) is 0. The van der Waals surface area contributed by atoms with Gasteiger partial charge in [0, 0.05) is 11.6 Å². The molecule has 0 aliphatic heterocycles. The molecule has 0 bridgehead atoms. The minimum Gasteiger partial charge on any atom is -0.496 e. The molecule has 108 valence electrons. The number of halogens is 1. The summed E-state index contributed by atoms with van der Waals surface area (Å²) in [5.74, 6) is 0.861. The Morgan fingerprint density at radius 1 is 1.37 bits per heavy atom. The van der Waals surface area contributed by atoms with Crippen LogP contribution in [-0.4, -0.2) is 31.6 Å². The zero-order chi connectivity index (χ0) is 14.6. The third kappa shape index (κ3) is 5.13. The fourth-order valence-corrected chi connectivity index (χ4v) is 2.68. The molecule has 0 heterocycles. The maximum atomic E-state index is 6.09. The molecule has 0 saturated carbocycles. The molecule has 0 aliphatic carbocycles. The fourth-order valence-electron chi connectivity index (χ4n) is 2.12. The second-order valence-corrected chi connectivity index (χ2v) is 6.75. The van der Waals surface area contributed by atoms with Gasteiger partial charge < -0.3 is 15.4 Å². The summed E-state index contributed by atoms with van der Waals surface area (Å²) in [5.41, 5.74) is 7.24. The summed E-state index contributed by atoms with van der Waals surface area (Å²) in [7, 11) is 5.89. The molecule has 0 fully saturated rings. The maximum Gasteiger partial charge on any atom is 0.133 e. The molecule has 1 aromatic carbocycles. The van der Waals surface area contributed by atoms with Crippen LogP contribution in [0.15, 0.2) is 22.7 Å². The van der Waals surface area contributed by atoms with Crippen molar-refractivity contribution < 1.29 is 4.74 Å². The van der Waals surface area contributed by atoms with E-state index in [2.05, 4.69) is 60.9 Å². The topological polar surface area (TPSA) is 38.5 Å². The van der Waals surface area contributed by atoms with Gasteiger partial charge in [-0.2, -0.15) is 0 Å². The van der Waals surface area contributed by atoms with Crippen molar-refractivity contribution in [3.8, 4) is 5.75 Å². The summed E-state index contributed by atoms with van der Waals surface area (Å²) in [6.45, 7) is 4.15. The van der Waals surface area contributed by atoms with Crippen LogP contribution in [0.3, 0.4) is 0 Å². The third-order valence-corrected chi connectivity index (χ3v) is 3.87. The number of methoxy groups -OCH3 is 1. The van der Waals surface area contributed by atoms with Gasteiger partial charge >= 0.3 is 0 Å². The number of rotatable bonds is 6. The van der Waals surface area contributed by atoms with Crippen molar-refractivity contribution in [3.63, 3.8) is 0 Å². The number of nitrogens with two attached hydrogens (primary N) is 1. The lowest BCUT2D eigenvalue weighted by molar-refractivity contribution is 0.261. The van der Waals surface area contributed by atoms with E-state index < -0.39 is 0 Å². The molecule has 0 amide bonds. The van der Waals surface area contributed by atoms with Gasteiger partial charge in [0.05, 0.1) is 11.6 Å². The standard InChI is InChI=1S/C15H25BrN2O/c1-15(2,17)9-8-13(18(3)4)11-6-7-14(19-5)12(16)10-11/h6-7,10,13H,8-9,17H2,1-5H3. The van der Waals surface area contributed by atoms with E-state index in [1.165, 1.54) is 5.56 Å². The minimum atomic E-state index is -0.127. The van der Waals surface area contributed by atoms with Gasteiger partial charge in [0.15, 0.2) is 0 Å². The van der Waals surface area contributed by atoms with Gasteiger partial charge in [-0.25, -0.2) is 0 Å². The first-order valence-electron chi connectivity index (χ1n) is 6.53. The Hall–Kier alpha value is -0.580. The van der Waals surface area contributed by atoms with Crippen LogP contribution in [0.4, 0.5) is 0 Å². The monoisotopic (exact) mass is 328 g/mol. The van der Waals surface area contributed by atoms with Gasteiger partial charge in [-0.3, -0.25) is 0 Å². The predicted octanol–water partition coefficient (Wildman–Crippen LogP) is 3.58. The Bertz CT molecular complexity index is 413. The fraction of sp³-hybridized carbons (Fsp3) is 0.600. The highest BCUT2D eigenvalue weighted by Crippen LogP contribution is 2.32. The highest BCUT2D eigenvalue weighted by atomic mass is 79.9. The number of ether oxygens (including phenoxy) is 1. The van der Waals surface area contributed by atoms with Crippen molar-refractivity contribution in [1.29, 1.82) is 0 Å². The van der Waals surface area contributed by atoms with Gasteiger partial charge in [-0.1, -0.05) is 6.07 Å². The summed E-state index contributed by atoms with van der Waals surface area (Å²) in [4.78, 5) is 2.24. The summed E-state index contributed by atoms with van der Waals surface area (Å²) < 4.78 is 6.27. The lowest BCUT2D eigenvalue weighted by Gasteiger charge is -2.28. The first-order valence-corrected chi connectivity index (χ1v) is 7.32. The van der Waals surface area contributed by atoms with E-state index in [1.54, 1.807) is 7.11 Å². The van der Waals surface area contributed by atoms with Gasteiger partial charge in [0.1, 0.15) is 5.75 Å². The SMILES string of the molecule is COc1ccc(C(CCC(C)(C)N)N(C)C)cc1Br. The highest BCUT2D eigenvalue weighted by Gasteiger charge is 2.19. The lowest BCUT2D eigenvalue weighted by Crippen LogP contribution is -2.33. The van der Waals surface area contributed by atoms with Crippen molar-refractivity contribution in [1.82, 2.24) is 4.90 Å². The van der Waals surface area contributed by atoms with Gasteiger partial charge in [-0.05, 0) is 74.4 Å². The van der Waals surface area contributed by atoms with Gasteiger partial charge in [0.2, 0.25) is 0 Å². The zero-order valence-electron chi connectivity index (χ0n) is 12.5. The van der Waals surface area contributed by atoms with Crippen LogP contribution < -0.4 is 10.5 Å². The third-order valence-electron chi connectivity index (χ3n) is 3.25. The van der Waals surface area contributed by atoms with E-state index in [0.717, 1.165) is 23.1 Å². The second kappa shape index (κ2) is 6.73. The number of hydrogen-bond acceptors (Lipinski definition) is 3. The second-order valence-electron chi connectivity index (χ2n) is 5.90. The average molecular weight is 329 g/mol. The van der Waals surface area contributed by atoms with Crippen LogP contribution in [-0.2, 0) is 0 Å². The molecule has 19 heavy (non-hydrogen) atoms. The number of hydrogen-bond donors (Lipinski definition) is 1. The molecule has 1 unspecified atom stereocenters. The minimum absolute atomic E-state index is 0.127. The molecular weight excluding hydrogens is 304 g/mol. The molecule has 3 nitrogen and oxygen atoms in total. The molecule has 4 heteroatoms.